The molecule has 0 fully saturated rings. The minimum atomic E-state index is -1.27. The normalized spacial score (nSPS) is 10.2. The molecule has 1 aromatic heterocycles. The maximum atomic E-state index is 11.1. The number of hydrogen-bond donors (Lipinski definition) is 1. The lowest BCUT2D eigenvalue weighted by Gasteiger charge is -2.09. The third-order valence-corrected chi connectivity index (χ3v) is 2.58. The Morgan fingerprint density at radius 2 is 2.30 bits per heavy atom. The molecule has 1 N–H and O–H groups in total. The van der Waals surface area contributed by atoms with Gasteiger partial charge >= 0.3 is 11.7 Å². The lowest BCUT2D eigenvalue weighted by molar-refractivity contribution is -0.385. The van der Waals surface area contributed by atoms with Gasteiger partial charge in [0.1, 0.15) is 12.2 Å². The van der Waals surface area contributed by atoms with Crippen molar-refractivity contribution in [2.75, 3.05) is 6.61 Å². The third-order valence-electron chi connectivity index (χ3n) is 2.58. The topological polar surface area (TPSA) is 107 Å². The number of nitro groups is 1. The molecule has 0 spiro atoms. The monoisotopic (exact) mass is 277 g/mol. The van der Waals surface area contributed by atoms with Gasteiger partial charge in [0, 0.05) is 18.5 Å². The first-order valence-corrected chi connectivity index (χ1v) is 5.69. The Hall–Kier alpha value is -2.90. The highest BCUT2D eigenvalue weighted by atomic mass is 16.6. The molecule has 2 aromatic rings. The molecule has 0 aliphatic carbocycles. The van der Waals surface area contributed by atoms with E-state index in [1.807, 2.05) is 0 Å². The van der Waals surface area contributed by atoms with E-state index < -0.39 is 10.9 Å². The maximum absolute atomic E-state index is 11.1. The van der Waals surface area contributed by atoms with Crippen molar-refractivity contribution in [2.24, 2.45) is 0 Å². The number of ether oxygens (including phenoxy) is 1. The second kappa shape index (κ2) is 5.83. The largest absolute Gasteiger partial charge is 0.484 e. The first-order chi connectivity index (χ1) is 9.59. The van der Waals surface area contributed by atoms with Crippen LogP contribution in [0.3, 0.4) is 0 Å². The number of imidazole rings is 1. The van der Waals surface area contributed by atoms with Crippen molar-refractivity contribution in [1.29, 1.82) is 0 Å². The second-order valence-corrected chi connectivity index (χ2v) is 3.87. The number of benzene rings is 1. The van der Waals surface area contributed by atoms with Gasteiger partial charge in [0.05, 0.1) is 17.8 Å². The van der Waals surface area contributed by atoms with Crippen LogP contribution in [0.15, 0.2) is 36.9 Å². The molecule has 0 atom stereocenters. The molecule has 8 nitrogen and oxygen atoms in total. The molecule has 8 heteroatoms. The van der Waals surface area contributed by atoms with Crippen LogP contribution in [0.2, 0.25) is 0 Å². The van der Waals surface area contributed by atoms with Crippen molar-refractivity contribution in [1.82, 2.24) is 9.55 Å². The van der Waals surface area contributed by atoms with Crippen molar-refractivity contribution >= 4 is 11.7 Å². The molecule has 0 radical (unpaired) electrons. The van der Waals surface area contributed by atoms with Gasteiger partial charge in [0.15, 0.2) is 0 Å². The zero-order valence-corrected chi connectivity index (χ0v) is 10.3. The van der Waals surface area contributed by atoms with Gasteiger partial charge in [-0.15, -0.1) is 0 Å². The number of hydrogen-bond acceptors (Lipinski definition) is 5. The van der Waals surface area contributed by atoms with E-state index in [2.05, 4.69) is 4.98 Å². The highest BCUT2D eigenvalue weighted by Gasteiger charge is 2.22. The summed E-state index contributed by atoms with van der Waals surface area (Å²) in [7, 11) is 0. The predicted molar refractivity (Wildman–Crippen MR) is 67.8 cm³/mol. The lowest BCUT2D eigenvalue weighted by atomic mass is 10.2. The number of carboxylic acid groups (broad SMARTS) is 1. The average molecular weight is 277 g/mol. The first-order valence-electron chi connectivity index (χ1n) is 5.69. The summed E-state index contributed by atoms with van der Waals surface area (Å²) in [4.78, 5) is 25.2. The molecule has 1 aromatic carbocycles. The number of carbonyl (C=O) groups is 1. The van der Waals surface area contributed by atoms with E-state index in [0.717, 1.165) is 0 Å². The number of para-hydroxylation sites is 1. The molecule has 0 aliphatic rings. The summed E-state index contributed by atoms with van der Waals surface area (Å²) >= 11 is 0. The molecule has 0 bridgehead atoms. The highest BCUT2D eigenvalue weighted by Crippen LogP contribution is 2.30. The van der Waals surface area contributed by atoms with Crippen LogP contribution in [-0.2, 0) is 6.54 Å². The van der Waals surface area contributed by atoms with E-state index in [1.54, 1.807) is 23.3 Å². The maximum Gasteiger partial charge on any atom is 0.339 e. The van der Waals surface area contributed by atoms with Crippen molar-refractivity contribution in [2.45, 2.75) is 6.54 Å². The van der Waals surface area contributed by atoms with Crippen LogP contribution in [0.25, 0.3) is 0 Å². The Labute approximate surface area is 113 Å². The van der Waals surface area contributed by atoms with Gasteiger partial charge < -0.3 is 14.4 Å². The number of aromatic carboxylic acids is 1. The number of rotatable bonds is 6. The van der Waals surface area contributed by atoms with E-state index in [-0.39, 0.29) is 23.6 Å². The summed E-state index contributed by atoms with van der Waals surface area (Å²) in [6.45, 7) is 0.507. The zero-order chi connectivity index (χ0) is 14.5. The Kier molecular flexibility index (Phi) is 3.94. The summed E-state index contributed by atoms with van der Waals surface area (Å²) in [6.07, 6.45) is 4.87. The fourth-order valence-electron chi connectivity index (χ4n) is 1.66. The smallest absolute Gasteiger partial charge is 0.339 e. The standard InChI is InChI=1S/C12H11N3O5/c16-12(17)9-2-1-3-10(15(18)19)11(9)20-7-6-14-5-4-13-8-14/h1-5,8H,6-7H2,(H,16,17). The predicted octanol–water partition coefficient (Wildman–Crippen LogP) is 1.57. The number of carboxylic acids is 1. The van der Waals surface area contributed by atoms with E-state index in [4.69, 9.17) is 9.84 Å². The molecule has 1 heterocycles. The summed E-state index contributed by atoms with van der Waals surface area (Å²) in [5.74, 6) is -1.50. The van der Waals surface area contributed by atoms with Crippen LogP contribution >= 0.6 is 0 Å². The minimum absolute atomic E-state index is 0.0987. The Morgan fingerprint density at radius 3 is 2.90 bits per heavy atom. The summed E-state index contributed by atoms with van der Waals surface area (Å²) in [5.41, 5.74) is -0.597. The first kappa shape index (κ1) is 13.5. The van der Waals surface area contributed by atoms with Crippen molar-refractivity contribution in [3.05, 3.63) is 52.6 Å². The molecule has 0 unspecified atom stereocenters. The van der Waals surface area contributed by atoms with Crippen LogP contribution in [0.1, 0.15) is 10.4 Å². The summed E-state index contributed by atoms with van der Waals surface area (Å²) in [6, 6.07) is 3.78. The molecule has 20 heavy (non-hydrogen) atoms. The Balaban J connectivity index is 2.19. The molecular formula is C12H11N3O5. The molecule has 0 amide bonds. The Bertz CT molecular complexity index is 592. The van der Waals surface area contributed by atoms with E-state index in [9.17, 15) is 14.9 Å². The third kappa shape index (κ3) is 2.91. The van der Waals surface area contributed by atoms with Crippen LogP contribution in [-0.4, -0.2) is 32.2 Å². The number of aromatic nitrogens is 2. The quantitative estimate of drug-likeness (QED) is 0.634. The van der Waals surface area contributed by atoms with Crippen molar-refractivity contribution in [3.8, 4) is 5.75 Å². The van der Waals surface area contributed by atoms with Gasteiger partial charge in [0.25, 0.3) is 0 Å². The highest BCUT2D eigenvalue weighted by molar-refractivity contribution is 5.92. The van der Waals surface area contributed by atoms with Crippen LogP contribution in [0.4, 0.5) is 5.69 Å². The van der Waals surface area contributed by atoms with Crippen LogP contribution < -0.4 is 4.74 Å². The van der Waals surface area contributed by atoms with Gasteiger partial charge in [-0.2, -0.15) is 0 Å². The van der Waals surface area contributed by atoms with Crippen molar-refractivity contribution < 1.29 is 19.6 Å². The van der Waals surface area contributed by atoms with Gasteiger partial charge in [-0.05, 0) is 6.07 Å². The molecule has 2 rings (SSSR count). The van der Waals surface area contributed by atoms with Crippen molar-refractivity contribution in [3.63, 3.8) is 0 Å². The van der Waals surface area contributed by atoms with E-state index in [1.165, 1.54) is 18.2 Å². The fraction of sp³-hybridized carbons (Fsp3) is 0.167. The van der Waals surface area contributed by atoms with Crippen LogP contribution in [0, 0.1) is 10.1 Å². The average Bonchev–Trinajstić information content (AvgIpc) is 2.91. The number of nitrogens with zero attached hydrogens (tertiary/aromatic N) is 3. The second-order valence-electron chi connectivity index (χ2n) is 3.87. The SMILES string of the molecule is O=C(O)c1cccc([N+](=O)[O-])c1OCCn1ccnc1. The molecular weight excluding hydrogens is 266 g/mol. The van der Waals surface area contributed by atoms with Gasteiger partial charge in [0.2, 0.25) is 5.75 Å². The lowest BCUT2D eigenvalue weighted by Crippen LogP contribution is -2.11. The summed E-state index contributed by atoms with van der Waals surface area (Å²) < 4.78 is 7.01. The minimum Gasteiger partial charge on any atom is -0.484 e. The molecule has 104 valence electrons. The fourth-order valence-corrected chi connectivity index (χ4v) is 1.66. The van der Waals surface area contributed by atoms with E-state index in [0.29, 0.717) is 6.54 Å². The zero-order valence-electron chi connectivity index (χ0n) is 10.3. The van der Waals surface area contributed by atoms with Gasteiger partial charge in [-0.3, -0.25) is 10.1 Å². The molecule has 0 aliphatic heterocycles. The van der Waals surface area contributed by atoms with E-state index >= 15 is 0 Å². The number of nitro benzene ring substituents is 1. The summed E-state index contributed by atoms with van der Waals surface area (Å²) in [5, 5.41) is 19.9. The molecule has 0 saturated carbocycles. The van der Waals surface area contributed by atoms with Gasteiger partial charge in [-0.25, -0.2) is 9.78 Å². The Morgan fingerprint density at radius 1 is 1.50 bits per heavy atom. The van der Waals surface area contributed by atoms with Gasteiger partial charge in [-0.1, -0.05) is 6.07 Å². The molecule has 0 saturated heterocycles. The van der Waals surface area contributed by atoms with Crippen LogP contribution in [0.5, 0.6) is 5.75 Å².